The zero-order valence-electron chi connectivity index (χ0n) is 17.5. The molecular formula is C23H29N5O2. The Balaban J connectivity index is 1.31. The first-order valence-electron chi connectivity index (χ1n) is 11.0. The van der Waals surface area contributed by atoms with Crippen LogP contribution in [0.4, 0.5) is 0 Å². The normalized spacial score (nSPS) is 28.8. The number of rotatable bonds is 3. The fourth-order valence-corrected chi connectivity index (χ4v) is 5.04. The van der Waals surface area contributed by atoms with Gasteiger partial charge in [0.25, 0.3) is 5.91 Å². The summed E-state index contributed by atoms with van der Waals surface area (Å²) in [5.74, 6) is 6.93. The quantitative estimate of drug-likeness (QED) is 0.748. The first-order valence-corrected chi connectivity index (χ1v) is 11.0. The van der Waals surface area contributed by atoms with Gasteiger partial charge in [-0.3, -0.25) is 14.6 Å². The topological polar surface area (TPSA) is 73.6 Å². The van der Waals surface area contributed by atoms with E-state index in [1.54, 1.807) is 12.5 Å². The SMILES string of the molecule is C[C@@H]1[C@H](NC(=O)c2cc3c(C#CCN4CCNCC4)coc3cn2)C2CCN1CC2. The van der Waals surface area contributed by atoms with Gasteiger partial charge in [0.05, 0.1) is 18.3 Å². The van der Waals surface area contributed by atoms with E-state index >= 15 is 0 Å². The van der Waals surface area contributed by atoms with Crippen LogP contribution >= 0.6 is 0 Å². The molecule has 1 amide bonds. The Hall–Kier alpha value is -2.40. The van der Waals surface area contributed by atoms with E-state index in [0.29, 0.717) is 23.2 Å². The van der Waals surface area contributed by atoms with E-state index in [1.165, 1.54) is 0 Å². The van der Waals surface area contributed by atoms with E-state index in [-0.39, 0.29) is 11.9 Å². The van der Waals surface area contributed by atoms with Crippen molar-refractivity contribution in [3.05, 3.63) is 29.8 Å². The number of carbonyl (C=O) groups excluding carboxylic acids is 1. The summed E-state index contributed by atoms with van der Waals surface area (Å²) in [6.45, 7) is 9.32. The maximum atomic E-state index is 13.0. The van der Waals surface area contributed by atoms with Crippen molar-refractivity contribution in [2.45, 2.75) is 31.8 Å². The number of pyridine rings is 1. The Bertz CT molecular complexity index is 974. The van der Waals surface area contributed by atoms with Gasteiger partial charge in [0.1, 0.15) is 12.0 Å². The Labute approximate surface area is 177 Å². The largest absolute Gasteiger partial charge is 0.461 e. The molecule has 4 aliphatic rings. The fourth-order valence-electron chi connectivity index (χ4n) is 5.04. The number of aromatic nitrogens is 1. The summed E-state index contributed by atoms with van der Waals surface area (Å²) in [5.41, 5.74) is 1.90. The van der Waals surface area contributed by atoms with Crippen LogP contribution in [-0.2, 0) is 0 Å². The molecule has 4 aliphatic heterocycles. The molecular weight excluding hydrogens is 378 g/mol. The maximum Gasteiger partial charge on any atom is 0.270 e. The highest BCUT2D eigenvalue weighted by molar-refractivity contribution is 5.97. The summed E-state index contributed by atoms with van der Waals surface area (Å²) in [4.78, 5) is 22.1. The van der Waals surface area contributed by atoms with E-state index in [2.05, 4.69) is 44.2 Å². The predicted molar refractivity (Wildman–Crippen MR) is 115 cm³/mol. The van der Waals surface area contributed by atoms with Crippen molar-refractivity contribution in [1.82, 2.24) is 25.4 Å². The number of nitrogens with one attached hydrogen (secondary N) is 2. The average molecular weight is 408 g/mol. The molecule has 0 spiro atoms. The third-order valence-corrected chi connectivity index (χ3v) is 6.90. The molecule has 0 aliphatic carbocycles. The highest BCUT2D eigenvalue weighted by Crippen LogP contribution is 2.32. The summed E-state index contributed by atoms with van der Waals surface area (Å²) in [6.07, 6.45) is 5.62. The number of hydrogen-bond acceptors (Lipinski definition) is 6. The zero-order valence-corrected chi connectivity index (χ0v) is 17.5. The molecule has 2 aromatic rings. The van der Waals surface area contributed by atoms with Crippen LogP contribution in [0.5, 0.6) is 0 Å². The van der Waals surface area contributed by atoms with E-state index in [0.717, 1.165) is 69.6 Å². The van der Waals surface area contributed by atoms with Crippen molar-refractivity contribution < 1.29 is 9.21 Å². The Morgan fingerprint density at radius 2 is 2.10 bits per heavy atom. The van der Waals surface area contributed by atoms with Crippen molar-refractivity contribution in [1.29, 1.82) is 0 Å². The predicted octanol–water partition coefficient (Wildman–Crippen LogP) is 1.30. The second-order valence-electron chi connectivity index (χ2n) is 8.66. The third kappa shape index (κ3) is 3.83. The minimum Gasteiger partial charge on any atom is -0.461 e. The molecule has 4 fully saturated rings. The molecule has 2 N–H and O–H groups in total. The number of furan rings is 1. The first kappa shape index (κ1) is 19.6. The van der Waals surface area contributed by atoms with Crippen LogP contribution in [0.25, 0.3) is 11.0 Å². The molecule has 7 nitrogen and oxygen atoms in total. The minimum atomic E-state index is -0.108. The van der Waals surface area contributed by atoms with Gasteiger partial charge in [-0.2, -0.15) is 0 Å². The van der Waals surface area contributed by atoms with Gasteiger partial charge in [-0.05, 0) is 44.8 Å². The van der Waals surface area contributed by atoms with Gasteiger partial charge in [-0.15, -0.1) is 0 Å². The highest BCUT2D eigenvalue weighted by atomic mass is 16.3. The standard InChI is InChI=1S/C23H29N5O2/c1-16-22(17-4-9-28(16)10-5-17)26-23(29)20-13-19-18(15-30-21(19)14-25-20)3-2-8-27-11-6-24-7-12-27/h13-17,22,24H,4-12H2,1H3,(H,26,29)/t16-,22+/m1/s1. The first-order chi connectivity index (χ1) is 14.7. The molecule has 6 heterocycles. The van der Waals surface area contributed by atoms with Crippen molar-refractivity contribution in [2.24, 2.45) is 5.92 Å². The van der Waals surface area contributed by atoms with E-state index < -0.39 is 0 Å². The van der Waals surface area contributed by atoms with Gasteiger partial charge in [-0.25, -0.2) is 4.98 Å². The molecule has 2 bridgehead atoms. The molecule has 2 atom stereocenters. The second-order valence-corrected chi connectivity index (χ2v) is 8.66. The maximum absolute atomic E-state index is 13.0. The number of piperazine rings is 1. The number of nitrogens with zero attached hydrogens (tertiary/aromatic N) is 3. The fraction of sp³-hybridized carbons (Fsp3) is 0.565. The summed E-state index contributed by atoms with van der Waals surface area (Å²) in [5, 5.41) is 7.46. The van der Waals surface area contributed by atoms with Gasteiger partial charge in [0, 0.05) is 43.6 Å². The van der Waals surface area contributed by atoms with Crippen LogP contribution in [-0.4, -0.2) is 78.6 Å². The van der Waals surface area contributed by atoms with Crippen LogP contribution in [0.2, 0.25) is 0 Å². The van der Waals surface area contributed by atoms with Crippen LogP contribution in [0.15, 0.2) is 22.9 Å². The van der Waals surface area contributed by atoms with Gasteiger partial charge < -0.3 is 15.1 Å². The Morgan fingerprint density at radius 1 is 1.30 bits per heavy atom. The number of hydrogen-bond donors (Lipinski definition) is 2. The molecule has 0 aromatic carbocycles. The van der Waals surface area contributed by atoms with Crippen LogP contribution in [0.3, 0.4) is 0 Å². The van der Waals surface area contributed by atoms with Crippen LogP contribution < -0.4 is 10.6 Å². The van der Waals surface area contributed by atoms with Gasteiger partial charge in [-0.1, -0.05) is 11.8 Å². The Morgan fingerprint density at radius 3 is 2.87 bits per heavy atom. The summed E-state index contributed by atoms with van der Waals surface area (Å²) in [6, 6.07) is 2.39. The van der Waals surface area contributed by atoms with E-state index in [1.807, 2.05) is 6.07 Å². The number of carbonyl (C=O) groups is 1. The lowest BCUT2D eigenvalue weighted by Gasteiger charge is -2.49. The smallest absolute Gasteiger partial charge is 0.270 e. The van der Waals surface area contributed by atoms with Crippen molar-refractivity contribution in [3.63, 3.8) is 0 Å². The second kappa shape index (κ2) is 8.38. The molecule has 7 heteroatoms. The molecule has 30 heavy (non-hydrogen) atoms. The van der Waals surface area contributed by atoms with Gasteiger partial charge in [0.2, 0.25) is 0 Å². The number of fused-ring (bicyclic) bond motifs is 4. The van der Waals surface area contributed by atoms with Crippen LogP contribution in [0, 0.1) is 17.8 Å². The minimum absolute atomic E-state index is 0.108. The monoisotopic (exact) mass is 407 g/mol. The molecule has 158 valence electrons. The van der Waals surface area contributed by atoms with E-state index in [4.69, 9.17) is 4.42 Å². The summed E-state index contributed by atoms with van der Waals surface area (Å²) in [7, 11) is 0. The molecule has 0 unspecified atom stereocenters. The molecule has 2 aromatic heterocycles. The molecule has 0 saturated carbocycles. The van der Waals surface area contributed by atoms with Gasteiger partial charge in [0.15, 0.2) is 5.58 Å². The van der Waals surface area contributed by atoms with Crippen molar-refractivity contribution >= 4 is 16.9 Å². The summed E-state index contributed by atoms with van der Waals surface area (Å²) >= 11 is 0. The Kier molecular flexibility index (Phi) is 5.47. The lowest BCUT2D eigenvalue weighted by molar-refractivity contribution is 0.0216. The average Bonchev–Trinajstić information content (AvgIpc) is 3.19. The van der Waals surface area contributed by atoms with Crippen molar-refractivity contribution in [3.8, 4) is 11.8 Å². The molecule has 4 saturated heterocycles. The summed E-state index contributed by atoms with van der Waals surface area (Å²) < 4.78 is 5.61. The number of amides is 1. The van der Waals surface area contributed by atoms with Gasteiger partial charge >= 0.3 is 0 Å². The van der Waals surface area contributed by atoms with Crippen molar-refractivity contribution in [2.75, 3.05) is 45.8 Å². The zero-order chi connectivity index (χ0) is 20.5. The van der Waals surface area contributed by atoms with Crippen LogP contribution in [0.1, 0.15) is 35.8 Å². The number of piperidine rings is 3. The third-order valence-electron chi connectivity index (χ3n) is 6.90. The lowest BCUT2D eigenvalue weighted by atomic mass is 9.79. The highest BCUT2D eigenvalue weighted by Gasteiger charge is 2.40. The van der Waals surface area contributed by atoms with E-state index in [9.17, 15) is 4.79 Å². The molecule has 6 rings (SSSR count). The molecule has 0 radical (unpaired) electrons. The lowest BCUT2D eigenvalue weighted by Crippen LogP contribution is -2.62.